The molecule has 2 amide bonds. The summed E-state index contributed by atoms with van der Waals surface area (Å²) in [6.45, 7) is 8.76. The smallest absolute Gasteiger partial charge is 0.444 e. The van der Waals surface area contributed by atoms with Crippen LogP contribution in [-0.4, -0.2) is 136 Å². The normalized spacial score (nSPS) is 20.2. The summed E-state index contributed by atoms with van der Waals surface area (Å²) in [4.78, 5) is 89.2. The minimum atomic E-state index is -1.82. The first kappa shape index (κ1) is 60.9. The number of nitrogens with one attached hydrogen (secondary N) is 2. The standard InChI is InChI=1S/C24H23FN6O9.C17H20FN5O5.C7H4ClNO4/c1-5-24(11-37-22(34)38-14-8-6-13(7-9-14)31(35)36)15(32)10-16(39-24)30-12-26-17-18(27-20(25)29-19(17)30)28-21(33)40-23(2,3)4;1-5-17(7-24)9(25)6-10(27-17)23-8-19-11-12(20-14(18)22-13(11)23)21-15(26)28-16(2,3)4;8-7(10)13-6-3-1-5(2-4-6)9(11)12/h1,6-9,12,15-16,32H,10-11H2,2-4H3,(H,27,28,29,33);1,8-10,24-25H,6-7H2,2-4H3,(H,20,21,22,26);1-4H/t15-,16+,24+;9-,10+,17+;/m00./s1. The summed E-state index contributed by atoms with van der Waals surface area (Å²) in [6, 6.07) is 9.68. The second-order valence-electron chi connectivity index (χ2n) is 18.9. The van der Waals surface area contributed by atoms with Gasteiger partial charge in [-0.05, 0) is 65.8 Å². The number of carbonyl (C=O) groups excluding carboxylic acids is 4. The Morgan fingerprint density at radius 2 is 1.12 bits per heavy atom. The average molecular weight is 1150 g/mol. The zero-order chi connectivity index (χ0) is 59.8. The van der Waals surface area contributed by atoms with Crippen LogP contribution in [0.15, 0.2) is 61.2 Å². The summed E-state index contributed by atoms with van der Waals surface area (Å²) in [5.74, 6) is 4.24. The monoisotopic (exact) mass is 1150 g/mol. The van der Waals surface area contributed by atoms with Gasteiger partial charge in [0.05, 0.1) is 29.1 Å². The summed E-state index contributed by atoms with van der Waals surface area (Å²) in [5.41, 5.74) is -6.21. The molecule has 0 unspecified atom stereocenters. The number of ether oxygens (including phenoxy) is 7. The Hall–Kier alpha value is -9.31. The number of hydrogen-bond acceptors (Lipinski definition) is 24. The van der Waals surface area contributed by atoms with Crippen LogP contribution in [0.25, 0.3) is 22.3 Å². The third kappa shape index (κ3) is 15.3. The van der Waals surface area contributed by atoms with E-state index in [-0.39, 0.29) is 69.7 Å². The number of aromatic nitrogens is 8. The van der Waals surface area contributed by atoms with E-state index in [9.17, 15) is 63.5 Å². The van der Waals surface area contributed by atoms with E-state index in [0.717, 1.165) is 12.1 Å². The highest BCUT2D eigenvalue weighted by atomic mass is 35.5. The summed E-state index contributed by atoms with van der Waals surface area (Å²) in [7, 11) is 0. The lowest BCUT2D eigenvalue weighted by atomic mass is 9.99. The van der Waals surface area contributed by atoms with Crippen molar-refractivity contribution in [2.45, 2.75) is 101 Å². The third-order valence-electron chi connectivity index (χ3n) is 10.9. The summed E-state index contributed by atoms with van der Waals surface area (Å²) in [6.07, 6.45) is 3.83. The molecule has 428 valence electrons. The zero-order valence-electron chi connectivity index (χ0n) is 43.1. The van der Waals surface area contributed by atoms with Gasteiger partial charge in [-0.1, -0.05) is 11.8 Å². The van der Waals surface area contributed by atoms with E-state index in [1.165, 1.54) is 58.2 Å². The van der Waals surface area contributed by atoms with Crippen LogP contribution in [0.2, 0.25) is 0 Å². The van der Waals surface area contributed by atoms with E-state index in [2.05, 4.69) is 57.1 Å². The van der Waals surface area contributed by atoms with Crippen LogP contribution >= 0.6 is 11.6 Å². The minimum absolute atomic E-state index is 0.00600. The highest BCUT2D eigenvalue weighted by molar-refractivity contribution is 6.61. The molecule has 2 fully saturated rings. The van der Waals surface area contributed by atoms with E-state index in [0.29, 0.717) is 0 Å². The molecule has 2 saturated heterocycles. The molecule has 2 aromatic carbocycles. The van der Waals surface area contributed by atoms with Gasteiger partial charge in [0.15, 0.2) is 45.2 Å². The van der Waals surface area contributed by atoms with Crippen molar-refractivity contribution in [3.63, 3.8) is 0 Å². The Labute approximate surface area is 459 Å². The maximum atomic E-state index is 14.3. The maximum Gasteiger partial charge on any atom is 0.513 e. The Balaban J connectivity index is 0.000000222. The Morgan fingerprint density at radius 3 is 1.48 bits per heavy atom. The molecule has 81 heavy (non-hydrogen) atoms. The number of halogens is 3. The molecule has 0 radical (unpaired) electrons. The lowest BCUT2D eigenvalue weighted by Crippen LogP contribution is -2.43. The van der Waals surface area contributed by atoms with Gasteiger partial charge in [0.2, 0.25) is 0 Å². The van der Waals surface area contributed by atoms with Crippen molar-refractivity contribution in [1.29, 1.82) is 0 Å². The lowest BCUT2D eigenvalue weighted by molar-refractivity contribution is -0.385. The Kier molecular flexibility index (Phi) is 18.6. The number of nitrogens with zero attached hydrogens (tertiary/aromatic N) is 10. The number of nitro groups is 2. The van der Waals surface area contributed by atoms with Gasteiger partial charge in [-0.3, -0.25) is 40.0 Å². The van der Waals surface area contributed by atoms with Gasteiger partial charge in [0, 0.05) is 48.7 Å². The minimum Gasteiger partial charge on any atom is -0.444 e. The maximum absolute atomic E-state index is 14.3. The van der Waals surface area contributed by atoms with E-state index in [4.69, 9.17) is 52.9 Å². The van der Waals surface area contributed by atoms with Crippen molar-refractivity contribution < 1.29 is 86.3 Å². The van der Waals surface area contributed by atoms with Gasteiger partial charge < -0.3 is 48.5 Å². The van der Waals surface area contributed by atoms with Gasteiger partial charge in [0.1, 0.15) is 54.0 Å². The molecule has 30 nitrogen and oxygen atoms in total. The fourth-order valence-corrected chi connectivity index (χ4v) is 7.38. The number of aliphatic hydroxyl groups is 3. The number of fused-ring (bicyclic) bond motifs is 2. The first-order chi connectivity index (χ1) is 38.0. The van der Waals surface area contributed by atoms with Gasteiger partial charge >= 0.3 is 35.9 Å². The summed E-state index contributed by atoms with van der Waals surface area (Å²) >= 11 is 4.92. The first-order valence-corrected chi connectivity index (χ1v) is 23.6. The van der Waals surface area contributed by atoms with Crippen LogP contribution in [0.3, 0.4) is 0 Å². The van der Waals surface area contributed by atoms with Crippen molar-refractivity contribution in [2.75, 3.05) is 23.8 Å². The fraction of sp³-hybridized carbons (Fsp3) is 0.375. The first-order valence-electron chi connectivity index (χ1n) is 23.3. The van der Waals surface area contributed by atoms with Crippen molar-refractivity contribution in [3.05, 3.63) is 93.6 Å². The second kappa shape index (κ2) is 24.8. The second-order valence-corrected chi connectivity index (χ2v) is 19.2. The van der Waals surface area contributed by atoms with E-state index >= 15 is 0 Å². The molecule has 6 aromatic rings. The van der Waals surface area contributed by atoms with Gasteiger partial charge in [-0.15, -0.1) is 12.8 Å². The predicted molar refractivity (Wildman–Crippen MR) is 272 cm³/mol. The number of rotatable bonds is 11. The summed E-state index contributed by atoms with van der Waals surface area (Å²) in [5, 5.41) is 56.0. The molecule has 2 aliphatic rings. The molecule has 0 saturated carbocycles. The summed E-state index contributed by atoms with van der Waals surface area (Å²) < 4.78 is 67.2. The molecular weight excluding hydrogens is 1110 g/mol. The van der Waals surface area contributed by atoms with Crippen molar-refractivity contribution in [2.24, 2.45) is 0 Å². The van der Waals surface area contributed by atoms with Crippen LogP contribution < -0.4 is 20.1 Å². The number of carbonyl (C=O) groups is 4. The SMILES string of the molecule is C#C[C@]1(CO)O[C@@H](n2cnc3c(NC(=O)OC(C)(C)C)nc(F)nc32)C[C@@H]1O.C#C[C@]1(COC(=O)Oc2ccc([N+](=O)[O-])cc2)O[C@@H](n2cnc3c(NC(=O)OC(C)(C)C)nc(F)nc32)C[C@@H]1O.O=C(Cl)Oc1ccc([N+](=O)[O-])cc1. The van der Waals surface area contributed by atoms with Crippen molar-refractivity contribution in [3.8, 4) is 36.2 Å². The number of imidazole rings is 2. The number of benzene rings is 2. The Morgan fingerprint density at radius 1 is 0.728 bits per heavy atom. The largest absolute Gasteiger partial charge is 0.513 e. The van der Waals surface area contributed by atoms with Crippen molar-refractivity contribution >= 4 is 80.7 Å². The molecule has 33 heteroatoms. The molecular formula is C48H47ClF2N12O18. The molecule has 6 atom stereocenters. The number of anilines is 2. The van der Waals surface area contributed by atoms with Crippen molar-refractivity contribution in [1.82, 2.24) is 39.0 Å². The quantitative estimate of drug-likeness (QED) is 0.0137. The topological polar surface area (TPSA) is 391 Å². The van der Waals surface area contributed by atoms with Gasteiger partial charge in [0.25, 0.3) is 11.4 Å². The molecule has 0 aliphatic carbocycles. The molecule has 4 aromatic heterocycles. The molecule has 2 aliphatic heterocycles. The number of nitro benzene ring substituents is 2. The van der Waals surface area contributed by atoms with Crippen LogP contribution in [-0.2, 0) is 23.7 Å². The third-order valence-corrected chi connectivity index (χ3v) is 11.0. The lowest BCUT2D eigenvalue weighted by Gasteiger charge is -2.25. The number of hydrogen-bond donors (Lipinski definition) is 5. The number of amides is 2. The zero-order valence-corrected chi connectivity index (χ0v) is 43.9. The van der Waals surface area contributed by atoms with Crippen LogP contribution in [0, 0.1) is 57.1 Å². The molecule has 5 N–H and O–H groups in total. The highest BCUT2D eigenvalue weighted by Gasteiger charge is 2.50. The fourth-order valence-electron chi connectivity index (χ4n) is 7.30. The van der Waals surface area contributed by atoms with Gasteiger partial charge in [-0.25, -0.2) is 29.1 Å². The molecule has 0 spiro atoms. The van der Waals surface area contributed by atoms with E-state index in [1.54, 1.807) is 41.5 Å². The molecule has 8 rings (SSSR count). The molecule has 0 bridgehead atoms. The number of aliphatic hydroxyl groups excluding tert-OH is 3. The van der Waals surface area contributed by atoms with E-state index in [1.807, 2.05) is 0 Å². The van der Waals surface area contributed by atoms with E-state index < -0.39 is 106 Å². The number of non-ortho nitro benzene ring substituents is 2. The molecule has 6 heterocycles. The van der Waals surface area contributed by atoms with Crippen LogP contribution in [0.1, 0.15) is 66.8 Å². The predicted octanol–water partition coefficient (Wildman–Crippen LogP) is 6.38. The highest BCUT2D eigenvalue weighted by Crippen LogP contribution is 2.40. The average Bonchev–Trinajstić information content (AvgIpc) is 4.39. The van der Waals surface area contributed by atoms with Crippen LogP contribution in [0.4, 0.5) is 51.0 Å². The van der Waals surface area contributed by atoms with Gasteiger partial charge in [-0.2, -0.15) is 28.7 Å². The Bertz CT molecular complexity index is 3440. The number of terminal acetylenes is 2. The van der Waals surface area contributed by atoms with Crippen LogP contribution in [0.5, 0.6) is 11.5 Å².